The largest absolute Gasteiger partial charge is 0.302 e. The Hall–Kier alpha value is -1.79. The summed E-state index contributed by atoms with van der Waals surface area (Å²) in [5, 5.41) is 2.02. The topological polar surface area (TPSA) is 46.2 Å². The molecule has 0 aliphatic rings. The lowest BCUT2D eigenvalue weighted by atomic mass is 10.2. The molecule has 0 aliphatic carbocycles. The zero-order valence-corrected chi connectivity index (χ0v) is 8.54. The number of halogens is 1. The molecule has 1 aromatic rings. The van der Waals surface area contributed by atoms with Crippen molar-refractivity contribution in [2.75, 3.05) is 5.88 Å². The second kappa shape index (κ2) is 5.84. The molecule has 1 N–H and O–H groups in total. The summed E-state index contributed by atoms with van der Waals surface area (Å²) in [6, 6.07) is 9.01. The zero-order valence-electron chi connectivity index (χ0n) is 7.79. The van der Waals surface area contributed by atoms with E-state index in [1.165, 1.54) is 0 Å². The molecule has 0 saturated carbocycles. The number of carbonyl (C=O) groups excluding carboxylic acids is 2. The number of hydrogen-bond acceptors (Lipinski definition) is 2. The molecule has 4 heteroatoms. The number of benzene rings is 1. The monoisotopic (exact) mass is 221 g/mol. The molecule has 2 amide bonds. The van der Waals surface area contributed by atoms with Crippen LogP contribution in [0.4, 0.5) is 0 Å². The van der Waals surface area contributed by atoms with Gasteiger partial charge < -0.3 is 0 Å². The van der Waals surface area contributed by atoms with E-state index in [1.54, 1.807) is 12.1 Å². The van der Waals surface area contributed by atoms with Gasteiger partial charge in [-0.05, 0) is 12.1 Å². The van der Waals surface area contributed by atoms with Crippen LogP contribution in [0.1, 0.15) is 5.56 Å². The molecule has 76 valence electrons. The molecule has 0 unspecified atom stereocenters. The lowest BCUT2D eigenvalue weighted by Gasteiger charge is -1.92. The number of hydrogen-bond donors (Lipinski definition) is 1. The van der Waals surface area contributed by atoms with Crippen molar-refractivity contribution in [3.63, 3.8) is 0 Å². The lowest BCUT2D eigenvalue weighted by molar-refractivity contribution is -0.126. The molecule has 0 atom stereocenters. The van der Waals surface area contributed by atoms with E-state index >= 15 is 0 Å². The molecule has 0 spiro atoms. The van der Waals surface area contributed by atoms with E-state index in [0.29, 0.717) is 5.56 Å². The van der Waals surface area contributed by atoms with Crippen LogP contribution >= 0.6 is 11.6 Å². The van der Waals surface area contributed by atoms with Crippen LogP contribution in [0.3, 0.4) is 0 Å². The first-order valence-electron chi connectivity index (χ1n) is 4.19. The minimum Gasteiger partial charge on any atom is -0.284 e. The summed E-state index contributed by atoms with van der Waals surface area (Å²) in [5.41, 5.74) is 0.714. The van der Waals surface area contributed by atoms with Gasteiger partial charge in [-0.2, -0.15) is 0 Å². The van der Waals surface area contributed by atoms with Crippen LogP contribution in [0.25, 0.3) is 0 Å². The predicted octanol–water partition coefficient (Wildman–Crippen LogP) is 0.920. The Balaban J connectivity index is 2.59. The van der Waals surface area contributed by atoms with Gasteiger partial charge in [-0.25, -0.2) is 0 Å². The van der Waals surface area contributed by atoms with Gasteiger partial charge in [0.25, 0.3) is 0 Å². The van der Waals surface area contributed by atoms with Gasteiger partial charge in [0.1, 0.15) is 5.88 Å². The normalized spacial score (nSPS) is 8.60. The van der Waals surface area contributed by atoms with Crippen LogP contribution in [-0.2, 0) is 9.59 Å². The van der Waals surface area contributed by atoms with Crippen molar-refractivity contribution < 1.29 is 9.59 Å². The van der Waals surface area contributed by atoms with E-state index in [4.69, 9.17) is 11.6 Å². The Morgan fingerprint density at radius 2 is 1.93 bits per heavy atom. The van der Waals surface area contributed by atoms with Gasteiger partial charge in [-0.1, -0.05) is 24.1 Å². The second-order valence-electron chi connectivity index (χ2n) is 2.63. The summed E-state index contributed by atoms with van der Waals surface area (Å²) in [6.07, 6.45) is 0. The number of nitrogens with one attached hydrogen (secondary N) is 1. The highest BCUT2D eigenvalue weighted by atomic mass is 35.5. The van der Waals surface area contributed by atoms with Gasteiger partial charge in [-0.3, -0.25) is 14.9 Å². The van der Waals surface area contributed by atoms with E-state index < -0.39 is 11.8 Å². The Bertz CT molecular complexity index is 417. The van der Waals surface area contributed by atoms with Crippen LogP contribution in [0, 0.1) is 11.8 Å². The van der Waals surface area contributed by atoms with Gasteiger partial charge in [0.05, 0.1) is 0 Å². The smallest absolute Gasteiger partial charge is 0.284 e. The number of carbonyl (C=O) groups is 2. The Morgan fingerprint density at radius 1 is 1.27 bits per heavy atom. The minimum absolute atomic E-state index is 0.251. The summed E-state index contributed by atoms with van der Waals surface area (Å²) in [4.78, 5) is 21.7. The summed E-state index contributed by atoms with van der Waals surface area (Å²) in [6.45, 7) is 0. The molecule has 0 heterocycles. The SMILES string of the molecule is O=C(C#Cc1ccccc1)NC(=O)CCl. The maximum absolute atomic E-state index is 11.0. The minimum atomic E-state index is -0.649. The Morgan fingerprint density at radius 3 is 2.53 bits per heavy atom. The van der Waals surface area contributed by atoms with Crippen molar-refractivity contribution in [1.29, 1.82) is 0 Å². The fraction of sp³-hybridized carbons (Fsp3) is 0.0909. The molecule has 0 aliphatic heterocycles. The van der Waals surface area contributed by atoms with Crippen molar-refractivity contribution >= 4 is 23.4 Å². The number of amides is 2. The van der Waals surface area contributed by atoms with E-state index in [1.807, 2.05) is 23.5 Å². The third-order valence-electron chi connectivity index (χ3n) is 1.47. The first kappa shape index (κ1) is 11.3. The first-order chi connectivity index (χ1) is 7.22. The van der Waals surface area contributed by atoms with E-state index in [9.17, 15) is 9.59 Å². The zero-order chi connectivity index (χ0) is 11.1. The Kier molecular flexibility index (Phi) is 4.39. The summed E-state index contributed by atoms with van der Waals surface area (Å²) in [7, 11) is 0. The van der Waals surface area contributed by atoms with Crippen LogP contribution in [0.2, 0.25) is 0 Å². The van der Waals surface area contributed by atoms with Crippen LogP contribution in [-0.4, -0.2) is 17.7 Å². The van der Waals surface area contributed by atoms with E-state index in [2.05, 4.69) is 11.8 Å². The maximum atomic E-state index is 11.0. The van der Waals surface area contributed by atoms with Crippen molar-refractivity contribution in [1.82, 2.24) is 5.32 Å². The average molecular weight is 222 g/mol. The molecule has 1 aromatic carbocycles. The fourth-order valence-electron chi connectivity index (χ4n) is 0.842. The third-order valence-corrected chi connectivity index (χ3v) is 1.71. The molecule has 0 bridgehead atoms. The average Bonchev–Trinajstić information content (AvgIpc) is 2.27. The third kappa shape index (κ3) is 4.30. The van der Waals surface area contributed by atoms with Gasteiger partial charge in [0, 0.05) is 11.5 Å². The summed E-state index contributed by atoms with van der Waals surface area (Å²) >= 11 is 5.20. The van der Waals surface area contributed by atoms with Crippen LogP contribution < -0.4 is 5.32 Å². The summed E-state index contributed by atoms with van der Waals surface area (Å²) in [5.74, 6) is 3.45. The van der Waals surface area contributed by atoms with Crippen molar-refractivity contribution in [3.05, 3.63) is 35.9 Å². The predicted molar refractivity (Wildman–Crippen MR) is 57.2 cm³/mol. The van der Waals surface area contributed by atoms with Crippen molar-refractivity contribution in [3.8, 4) is 11.8 Å². The van der Waals surface area contributed by atoms with Crippen LogP contribution in [0.5, 0.6) is 0 Å². The lowest BCUT2D eigenvalue weighted by Crippen LogP contribution is -2.29. The van der Waals surface area contributed by atoms with E-state index in [-0.39, 0.29) is 5.88 Å². The van der Waals surface area contributed by atoms with Gasteiger partial charge in [-0.15, -0.1) is 11.6 Å². The van der Waals surface area contributed by atoms with Crippen LogP contribution in [0.15, 0.2) is 30.3 Å². The number of imide groups is 1. The molecule has 0 saturated heterocycles. The van der Waals surface area contributed by atoms with Crippen molar-refractivity contribution in [2.24, 2.45) is 0 Å². The first-order valence-corrected chi connectivity index (χ1v) is 4.72. The molecule has 0 fully saturated rings. The van der Waals surface area contributed by atoms with E-state index in [0.717, 1.165) is 0 Å². The molecular weight excluding hydrogens is 214 g/mol. The summed E-state index contributed by atoms with van der Waals surface area (Å²) < 4.78 is 0. The molecule has 0 radical (unpaired) electrons. The second-order valence-corrected chi connectivity index (χ2v) is 2.89. The molecular formula is C11H8ClNO2. The standard InChI is InChI=1S/C11H8ClNO2/c12-8-11(15)13-10(14)7-6-9-4-2-1-3-5-9/h1-5H,8H2,(H,13,14,15). The molecule has 3 nitrogen and oxygen atoms in total. The molecule has 1 rings (SSSR count). The highest BCUT2D eigenvalue weighted by molar-refractivity contribution is 6.28. The highest BCUT2D eigenvalue weighted by Gasteiger charge is 2.01. The van der Waals surface area contributed by atoms with Gasteiger partial charge in [0.15, 0.2) is 0 Å². The molecule has 15 heavy (non-hydrogen) atoms. The number of alkyl halides is 1. The maximum Gasteiger partial charge on any atom is 0.302 e. The Labute approximate surface area is 92.4 Å². The highest BCUT2D eigenvalue weighted by Crippen LogP contribution is 1.94. The fourth-order valence-corrected chi connectivity index (χ4v) is 0.909. The van der Waals surface area contributed by atoms with Gasteiger partial charge in [0.2, 0.25) is 5.91 Å². The van der Waals surface area contributed by atoms with Crippen molar-refractivity contribution in [2.45, 2.75) is 0 Å². The van der Waals surface area contributed by atoms with Gasteiger partial charge >= 0.3 is 5.91 Å². The number of rotatable bonds is 1. The molecule has 0 aromatic heterocycles. The quantitative estimate of drug-likeness (QED) is 0.566.